The highest BCUT2D eigenvalue weighted by Crippen LogP contribution is 2.36. The number of piperidine rings is 1. The van der Waals surface area contributed by atoms with Crippen LogP contribution in [0.3, 0.4) is 0 Å². The number of aliphatic carboxylic acids is 1. The molecule has 3 atom stereocenters. The fourth-order valence-corrected chi connectivity index (χ4v) is 3.60. The summed E-state index contributed by atoms with van der Waals surface area (Å²) in [6.45, 7) is 0.794. The van der Waals surface area contributed by atoms with Crippen molar-refractivity contribution in [1.82, 2.24) is 9.80 Å². The molecule has 2 N–H and O–H groups in total. The third kappa shape index (κ3) is 2.35. The van der Waals surface area contributed by atoms with Gasteiger partial charge >= 0.3 is 12.0 Å². The van der Waals surface area contributed by atoms with Crippen LogP contribution >= 0.6 is 0 Å². The summed E-state index contributed by atoms with van der Waals surface area (Å²) in [5.41, 5.74) is 0. The smallest absolute Gasteiger partial charge is 0.334 e. The highest BCUT2D eigenvalue weighted by atomic mass is 16.5. The Hall–Kier alpha value is -1.34. The number of morpholine rings is 1. The Labute approximate surface area is 117 Å². The minimum atomic E-state index is -1.03. The van der Waals surface area contributed by atoms with E-state index < -0.39 is 12.1 Å². The van der Waals surface area contributed by atoms with Crippen molar-refractivity contribution in [2.75, 3.05) is 19.7 Å². The van der Waals surface area contributed by atoms with E-state index in [1.54, 1.807) is 4.90 Å². The van der Waals surface area contributed by atoms with Crippen molar-refractivity contribution in [3.63, 3.8) is 0 Å². The zero-order valence-electron chi connectivity index (χ0n) is 11.3. The summed E-state index contributed by atoms with van der Waals surface area (Å²) in [7, 11) is 0. The first-order valence-corrected chi connectivity index (χ1v) is 7.16. The zero-order chi connectivity index (χ0) is 14.3. The average molecular weight is 284 g/mol. The Bertz CT molecular complexity index is 402. The van der Waals surface area contributed by atoms with Gasteiger partial charge < -0.3 is 24.7 Å². The predicted octanol–water partition coefficient (Wildman–Crippen LogP) is -0.121. The van der Waals surface area contributed by atoms with Crippen molar-refractivity contribution < 1.29 is 24.5 Å². The predicted molar refractivity (Wildman–Crippen MR) is 68.2 cm³/mol. The molecule has 7 heteroatoms. The van der Waals surface area contributed by atoms with Crippen LogP contribution in [0.1, 0.15) is 25.7 Å². The van der Waals surface area contributed by atoms with Gasteiger partial charge in [0.1, 0.15) is 0 Å². The number of carboxylic acid groups (broad SMARTS) is 1. The summed E-state index contributed by atoms with van der Waals surface area (Å²) in [6.07, 6.45) is 1.89. The molecule has 0 spiro atoms. The molecule has 3 aliphatic rings. The molecule has 2 amide bonds. The molecule has 3 saturated heterocycles. The molecule has 0 saturated carbocycles. The van der Waals surface area contributed by atoms with Crippen LogP contribution in [0.5, 0.6) is 0 Å². The van der Waals surface area contributed by atoms with E-state index in [1.165, 1.54) is 0 Å². The van der Waals surface area contributed by atoms with Gasteiger partial charge in [0.05, 0.1) is 19.3 Å². The Kier molecular flexibility index (Phi) is 3.55. The number of nitrogens with zero attached hydrogens (tertiary/aromatic N) is 2. The minimum absolute atomic E-state index is 0.0982. The van der Waals surface area contributed by atoms with Crippen molar-refractivity contribution in [2.24, 2.45) is 0 Å². The molecule has 2 bridgehead atoms. The standard InChI is InChI=1S/C13H20N2O5/c16-10-5-8-1-2-9(6-10)15(8)13(19)14-3-4-20-11(7-14)12(17)18/h8-11,16H,1-7H2,(H,17,18). The first-order chi connectivity index (χ1) is 9.56. The molecule has 3 heterocycles. The second-order valence-corrected chi connectivity index (χ2v) is 5.84. The van der Waals surface area contributed by atoms with Crippen LogP contribution in [-0.2, 0) is 9.53 Å². The van der Waals surface area contributed by atoms with E-state index in [-0.39, 0.29) is 37.4 Å². The molecule has 20 heavy (non-hydrogen) atoms. The van der Waals surface area contributed by atoms with Crippen LogP contribution < -0.4 is 0 Å². The monoisotopic (exact) mass is 284 g/mol. The quantitative estimate of drug-likeness (QED) is 0.700. The van der Waals surface area contributed by atoms with E-state index in [1.807, 2.05) is 4.90 Å². The number of aliphatic hydroxyl groups excluding tert-OH is 1. The Morgan fingerprint density at radius 1 is 1.15 bits per heavy atom. The average Bonchev–Trinajstić information content (AvgIpc) is 2.70. The number of carbonyl (C=O) groups is 2. The normalized spacial score (nSPS) is 37.0. The number of rotatable bonds is 1. The van der Waals surface area contributed by atoms with Gasteiger partial charge in [-0.2, -0.15) is 0 Å². The number of carbonyl (C=O) groups excluding carboxylic acids is 1. The van der Waals surface area contributed by atoms with Crippen LogP contribution in [0.2, 0.25) is 0 Å². The maximum Gasteiger partial charge on any atom is 0.334 e. The summed E-state index contributed by atoms with van der Waals surface area (Å²) in [5, 5.41) is 18.8. The van der Waals surface area contributed by atoms with Gasteiger partial charge in [-0.15, -0.1) is 0 Å². The van der Waals surface area contributed by atoms with Crippen LogP contribution in [0.25, 0.3) is 0 Å². The number of aliphatic hydroxyl groups is 1. The van der Waals surface area contributed by atoms with Crippen LogP contribution in [-0.4, -0.2) is 76.0 Å². The van der Waals surface area contributed by atoms with Gasteiger partial charge in [0.25, 0.3) is 0 Å². The zero-order valence-corrected chi connectivity index (χ0v) is 11.3. The summed E-state index contributed by atoms with van der Waals surface area (Å²) in [4.78, 5) is 27.0. The molecule has 0 aliphatic carbocycles. The topological polar surface area (TPSA) is 90.3 Å². The van der Waals surface area contributed by atoms with Crippen molar-refractivity contribution in [2.45, 2.75) is 50.0 Å². The molecular formula is C13H20N2O5. The SMILES string of the molecule is O=C(O)C1CN(C(=O)N2C3CCC2CC(O)C3)CCO1. The summed E-state index contributed by atoms with van der Waals surface area (Å²) in [5.74, 6) is -1.03. The largest absolute Gasteiger partial charge is 0.479 e. The molecule has 0 aromatic rings. The number of amides is 2. The molecule has 0 aromatic heterocycles. The fourth-order valence-electron chi connectivity index (χ4n) is 3.60. The van der Waals surface area contributed by atoms with E-state index in [0.717, 1.165) is 12.8 Å². The highest BCUT2D eigenvalue weighted by Gasteiger charge is 2.45. The Balaban J connectivity index is 1.68. The van der Waals surface area contributed by atoms with E-state index in [0.29, 0.717) is 19.4 Å². The Morgan fingerprint density at radius 3 is 2.40 bits per heavy atom. The van der Waals surface area contributed by atoms with Crippen molar-refractivity contribution in [3.8, 4) is 0 Å². The number of urea groups is 1. The summed E-state index contributed by atoms with van der Waals surface area (Å²) in [6, 6.07) is 0.101. The molecule has 0 aromatic carbocycles. The number of ether oxygens (including phenoxy) is 1. The van der Waals surface area contributed by atoms with E-state index in [9.17, 15) is 14.7 Å². The lowest BCUT2D eigenvalue weighted by Gasteiger charge is -2.41. The van der Waals surface area contributed by atoms with Crippen LogP contribution in [0, 0.1) is 0 Å². The first-order valence-electron chi connectivity index (χ1n) is 7.16. The second kappa shape index (κ2) is 5.21. The third-order valence-electron chi connectivity index (χ3n) is 4.54. The molecule has 112 valence electrons. The summed E-state index contributed by atoms with van der Waals surface area (Å²) >= 11 is 0. The molecular weight excluding hydrogens is 264 g/mol. The molecule has 7 nitrogen and oxygen atoms in total. The maximum absolute atomic E-state index is 12.6. The van der Waals surface area contributed by atoms with Crippen molar-refractivity contribution in [1.29, 1.82) is 0 Å². The third-order valence-corrected chi connectivity index (χ3v) is 4.54. The molecule has 0 radical (unpaired) electrons. The van der Waals surface area contributed by atoms with Gasteiger partial charge in [0.2, 0.25) is 0 Å². The van der Waals surface area contributed by atoms with Crippen LogP contribution in [0.15, 0.2) is 0 Å². The lowest BCUT2D eigenvalue weighted by atomic mass is 10.0. The number of fused-ring (bicyclic) bond motifs is 2. The van der Waals surface area contributed by atoms with Gasteiger partial charge in [-0.1, -0.05) is 0 Å². The number of carboxylic acids is 1. The lowest BCUT2D eigenvalue weighted by molar-refractivity contribution is -0.154. The van der Waals surface area contributed by atoms with Gasteiger partial charge in [-0.25, -0.2) is 9.59 Å². The molecule has 3 fully saturated rings. The minimum Gasteiger partial charge on any atom is -0.479 e. The van der Waals surface area contributed by atoms with Gasteiger partial charge in [-0.3, -0.25) is 0 Å². The number of hydrogen-bond donors (Lipinski definition) is 2. The van der Waals surface area contributed by atoms with Crippen LogP contribution in [0.4, 0.5) is 4.79 Å². The first kappa shape index (κ1) is 13.6. The lowest BCUT2D eigenvalue weighted by Crippen LogP contribution is -2.57. The Morgan fingerprint density at radius 2 is 1.80 bits per heavy atom. The van der Waals surface area contributed by atoms with E-state index >= 15 is 0 Å². The maximum atomic E-state index is 12.6. The number of hydrogen-bond acceptors (Lipinski definition) is 4. The van der Waals surface area contributed by atoms with E-state index in [4.69, 9.17) is 9.84 Å². The second-order valence-electron chi connectivity index (χ2n) is 5.84. The molecule has 3 rings (SSSR count). The van der Waals surface area contributed by atoms with Crippen molar-refractivity contribution in [3.05, 3.63) is 0 Å². The van der Waals surface area contributed by atoms with Gasteiger partial charge in [0.15, 0.2) is 6.10 Å². The van der Waals surface area contributed by atoms with Gasteiger partial charge in [-0.05, 0) is 25.7 Å². The molecule has 3 aliphatic heterocycles. The summed E-state index contributed by atoms with van der Waals surface area (Å²) < 4.78 is 5.14. The van der Waals surface area contributed by atoms with Crippen molar-refractivity contribution >= 4 is 12.0 Å². The fraction of sp³-hybridized carbons (Fsp3) is 0.846. The molecule has 3 unspecified atom stereocenters. The van der Waals surface area contributed by atoms with E-state index in [2.05, 4.69) is 0 Å². The van der Waals surface area contributed by atoms with Gasteiger partial charge in [0, 0.05) is 18.6 Å². The highest BCUT2D eigenvalue weighted by molar-refractivity contribution is 5.78.